The summed E-state index contributed by atoms with van der Waals surface area (Å²) in [5, 5.41) is 9.04. The van der Waals surface area contributed by atoms with Gasteiger partial charge in [0.05, 0.1) is 12.4 Å². The second-order valence-corrected chi connectivity index (χ2v) is 3.88. The normalized spacial score (nSPS) is 13.0. The van der Waals surface area contributed by atoms with Gasteiger partial charge < -0.3 is 9.52 Å². The summed E-state index contributed by atoms with van der Waals surface area (Å²) in [4.78, 5) is 0. The van der Waals surface area contributed by atoms with Crippen LogP contribution in [-0.2, 0) is 6.42 Å². The Morgan fingerprint density at radius 2 is 2.07 bits per heavy atom. The van der Waals surface area contributed by atoms with Crippen LogP contribution in [0.25, 0.3) is 0 Å². The molecule has 14 heavy (non-hydrogen) atoms. The van der Waals surface area contributed by atoms with Crippen LogP contribution >= 0.6 is 0 Å². The summed E-state index contributed by atoms with van der Waals surface area (Å²) in [6.07, 6.45) is 8.33. The lowest BCUT2D eigenvalue weighted by atomic mass is 10.1. The second kappa shape index (κ2) is 6.66. The molecule has 0 unspecified atom stereocenters. The van der Waals surface area contributed by atoms with Crippen LogP contribution in [0.5, 0.6) is 0 Å². The molecule has 1 aromatic rings. The monoisotopic (exact) mass is 196 g/mol. The van der Waals surface area contributed by atoms with Crippen molar-refractivity contribution in [3.63, 3.8) is 0 Å². The Kier molecular flexibility index (Phi) is 5.38. The molecule has 1 atom stereocenters. The summed E-state index contributed by atoms with van der Waals surface area (Å²) in [5.74, 6) is 1.08. The topological polar surface area (TPSA) is 33.4 Å². The van der Waals surface area contributed by atoms with Crippen LogP contribution < -0.4 is 0 Å². The number of aliphatic hydroxyl groups excluding tert-OH is 1. The van der Waals surface area contributed by atoms with E-state index in [0.29, 0.717) is 0 Å². The van der Waals surface area contributed by atoms with Crippen LogP contribution in [0.4, 0.5) is 0 Å². The van der Waals surface area contributed by atoms with Gasteiger partial charge in [-0.05, 0) is 31.9 Å². The van der Waals surface area contributed by atoms with E-state index in [1.807, 2.05) is 19.1 Å². The first-order chi connectivity index (χ1) is 6.79. The van der Waals surface area contributed by atoms with Crippen LogP contribution in [0.2, 0.25) is 0 Å². The zero-order chi connectivity index (χ0) is 10.2. The Morgan fingerprint density at radius 3 is 2.71 bits per heavy atom. The number of aliphatic hydroxyl groups is 1. The molecule has 0 saturated heterocycles. The molecule has 0 amide bonds. The van der Waals surface area contributed by atoms with E-state index in [9.17, 15) is 0 Å². The van der Waals surface area contributed by atoms with E-state index < -0.39 is 0 Å². The largest absolute Gasteiger partial charge is 0.469 e. The molecule has 0 aromatic carbocycles. The average Bonchev–Trinajstić information content (AvgIpc) is 2.63. The molecule has 0 fully saturated rings. The predicted octanol–water partition coefficient (Wildman–Crippen LogP) is 3.15. The van der Waals surface area contributed by atoms with Crippen molar-refractivity contribution in [1.82, 2.24) is 0 Å². The number of hydrogen-bond donors (Lipinski definition) is 1. The molecule has 1 aromatic heterocycles. The van der Waals surface area contributed by atoms with Crippen molar-refractivity contribution < 1.29 is 9.52 Å². The van der Waals surface area contributed by atoms with Gasteiger partial charge in [-0.2, -0.15) is 0 Å². The third kappa shape index (κ3) is 5.07. The molecule has 0 saturated carbocycles. The highest BCUT2D eigenvalue weighted by molar-refractivity contribution is 4.97. The summed E-state index contributed by atoms with van der Waals surface area (Å²) in [6.45, 7) is 1.85. The van der Waals surface area contributed by atoms with Gasteiger partial charge in [-0.15, -0.1) is 0 Å². The maximum Gasteiger partial charge on any atom is 0.103 e. The average molecular weight is 196 g/mol. The fourth-order valence-electron chi connectivity index (χ4n) is 1.55. The minimum absolute atomic E-state index is 0.139. The third-order valence-electron chi connectivity index (χ3n) is 2.38. The molecule has 1 heterocycles. The SMILES string of the molecule is C[C@@H](O)CCCCCCc1ccco1. The first-order valence-corrected chi connectivity index (χ1v) is 5.49. The van der Waals surface area contributed by atoms with E-state index in [1.165, 1.54) is 19.3 Å². The number of unbranched alkanes of at least 4 members (excludes halogenated alkanes) is 3. The Balaban J connectivity index is 1.90. The van der Waals surface area contributed by atoms with Gasteiger partial charge in [0, 0.05) is 6.42 Å². The van der Waals surface area contributed by atoms with Crippen LogP contribution in [-0.4, -0.2) is 11.2 Å². The summed E-state index contributed by atoms with van der Waals surface area (Å²) >= 11 is 0. The first kappa shape index (κ1) is 11.3. The van der Waals surface area contributed by atoms with Gasteiger partial charge in [0.1, 0.15) is 5.76 Å². The van der Waals surface area contributed by atoms with E-state index in [0.717, 1.165) is 25.0 Å². The van der Waals surface area contributed by atoms with Crippen molar-refractivity contribution in [3.8, 4) is 0 Å². The highest BCUT2D eigenvalue weighted by Gasteiger charge is 1.97. The number of rotatable bonds is 7. The van der Waals surface area contributed by atoms with Crippen molar-refractivity contribution in [2.45, 2.75) is 51.6 Å². The molecule has 0 aliphatic rings. The fraction of sp³-hybridized carbons (Fsp3) is 0.667. The quantitative estimate of drug-likeness (QED) is 0.679. The molecular formula is C12H20O2. The van der Waals surface area contributed by atoms with Crippen molar-refractivity contribution >= 4 is 0 Å². The van der Waals surface area contributed by atoms with Crippen molar-refractivity contribution in [1.29, 1.82) is 0 Å². The molecule has 0 aliphatic heterocycles. The lowest BCUT2D eigenvalue weighted by Crippen LogP contribution is -1.98. The van der Waals surface area contributed by atoms with E-state index in [1.54, 1.807) is 6.26 Å². The number of hydrogen-bond acceptors (Lipinski definition) is 2. The minimum Gasteiger partial charge on any atom is -0.469 e. The molecule has 1 rings (SSSR count). The zero-order valence-corrected chi connectivity index (χ0v) is 8.91. The molecule has 1 N–H and O–H groups in total. The van der Waals surface area contributed by atoms with Crippen molar-refractivity contribution in [2.24, 2.45) is 0 Å². The molecule has 0 spiro atoms. The van der Waals surface area contributed by atoms with Crippen molar-refractivity contribution in [3.05, 3.63) is 24.2 Å². The molecule has 0 aliphatic carbocycles. The lowest BCUT2D eigenvalue weighted by molar-refractivity contribution is 0.180. The molecule has 80 valence electrons. The maximum atomic E-state index is 9.04. The summed E-state index contributed by atoms with van der Waals surface area (Å²) in [6, 6.07) is 3.96. The van der Waals surface area contributed by atoms with Crippen molar-refractivity contribution in [2.75, 3.05) is 0 Å². The smallest absolute Gasteiger partial charge is 0.103 e. The standard InChI is InChI=1S/C12H20O2/c1-11(13)7-4-2-3-5-8-12-9-6-10-14-12/h6,9-11,13H,2-5,7-8H2,1H3/t11-/m1/s1. The van der Waals surface area contributed by atoms with Gasteiger partial charge in [-0.1, -0.05) is 19.3 Å². The number of furan rings is 1. The van der Waals surface area contributed by atoms with E-state index in [2.05, 4.69) is 0 Å². The predicted molar refractivity (Wildman–Crippen MR) is 57.2 cm³/mol. The number of aryl methyl sites for hydroxylation is 1. The zero-order valence-electron chi connectivity index (χ0n) is 8.91. The van der Waals surface area contributed by atoms with Gasteiger partial charge in [0.2, 0.25) is 0 Å². The van der Waals surface area contributed by atoms with Gasteiger partial charge >= 0.3 is 0 Å². The summed E-state index contributed by atoms with van der Waals surface area (Å²) in [7, 11) is 0. The Hall–Kier alpha value is -0.760. The summed E-state index contributed by atoms with van der Waals surface area (Å²) < 4.78 is 5.24. The van der Waals surface area contributed by atoms with E-state index >= 15 is 0 Å². The maximum absolute atomic E-state index is 9.04. The highest BCUT2D eigenvalue weighted by atomic mass is 16.3. The van der Waals surface area contributed by atoms with Gasteiger partial charge in [-0.3, -0.25) is 0 Å². The Bertz CT molecular complexity index is 214. The van der Waals surface area contributed by atoms with Crippen LogP contribution in [0, 0.1) is 0 Å². The summed E-state index contributed by atoms with van der Waals surface area (Å²) in [5.41, 5.74) is 0. The van der Waals surface area contributed by atoms with E-state index in [4.69, 9.17) is 9.52 Å². The highest BCUT2D eigenvalue weighted by Crippen LogP contribution is 2.10. The lowest BCUT2D eigenvalue weighted by Gasteiger charge is -2.02. The minimum atomic E-state index is -0.139. The fourth-order valence-corrected chi connectivity index (χ4v) is 1.55. The van der Waals surface area contributed by atoms with Gasteiger partial charge in [0.25, 0.3) is 0 Å². The van der Waals surface area contributed by atoms with Gasteiger partial charge in [0.15, 0.2) is 0 Å². The molecule has 2 heteroatoms. The van der Waals surface area contributed by atoms with Crippen LogP contribution in [0.1, 0.15) is 44.8 Å². The molecule has 0 bridgehead atoms. The Morgan fingerprint density at radius 1 is 1.29 bits per heavy atom. The first-order valence-electron chi connectivity index (χ1n) is 5.49. The van der Waals surface area contributed by atoms with Crippen LogP contribution in [0.3, 0.4) is 0 Å². The molecule has 0 radical (unpaired) electrons. The second-order valence-electron chi connectivity index (χ2n) is 3.88. The molecule has 2 nitrogen and oxygen atoms in total. The molecular weight excluding hydrogens is 176 g/mol. The van der Waals surface area contributed by atoms with E-state index in [-0.39, 0.29) is 6.10 Å². The van der Waals surface area contributed by atoms with Crippen LogP contribution in [0.15, 0.2) is 22.8 Å². The van der Waals surface area contributed by atoms with Gasteiger partial charge in [-0.25, -0.2) is 0 Å². The third-order valence-corrected chi connectivity index (χ3v) is 2.38. The Labute approximate surface area is 85.9 Å².